The molecule has 1 heterocycles. The summed E-state index contributed by atoms with van der Waals surface area (Å²) in [5.74, 6) is 0. The molecule has 4 rings (SSSR count). The van der Waals surface area contributed by atoms with Crippen LogP contribution in [-0.4, -0.2) is 36.9 Å². The summed E-state index contributed by atoms with van der Waals surface area (Å²) in [6.45, 7) is 0. The number of aromatic nitrogens is 1. The lowest BCUT2D eigenvalue weighted by molar-refractivity contribution is 0.270. The molecule has 1 aliphatic carbocycles. The van der Waals surface area contributed by atoms with Gasteiger partial charge in [0, 0.05) is 17.1 Å². The molecule has 0 spiro atoms. The van der Waals surface area contributed by atoms with Gasteiger partial charge in [0.25, 0.3) is 10.0 Å². The maximum Gasteiger partial charge on any atom is 0.268 e. The fraction of sp³-hybridized carbons (Fsp3) is 0.300. The van der Waals surface area contributed by atoms with Crippen molar-refractivity contribution in [3.63, 3.8) is 0 Å². The average Bonchev–Trinajstić information content (AvgIpc) is 3.31. The Morgan fingerprint density at radius 3 is 2.28 bits per heavy atom. The topological polar surface area (TPSA) is 42.3 Å². The molecule has 2 aromatic carbocycles. The third kappa shape index (κ3) is 2.68. The Balaban J connectivity index is 1.86. The van der Waals surface area contributed by atoms with E-state index >= 15 is 0 Å². The first-order valence-electron chi connectivity index (χ1n) is 8.51. The van der Waals surface area contributed by atoms with Crippen molar-refractivity contribution in [3.8, 4) is 0 Å². The summed E-state index contributed by atoms with van der Waals surface area (Å²) < 4.78 is 27.7. The molecule has 0 N–H and O–H groups in total. The van der Waals surface area contributed by atoms with Crippen LogP contribution in [0.3, 0.4) is 0 Å². The zero-order valence-electron chi connectivity index (χ0n) is 14.5. The van der Waals surface area contributed by atoms with E-state index < -0.39 is 10.0 Å². The first-order valence-corrected chi connectivity index (χ1v) is 9.95. The van der Waals surface area contributed by atoms with Crippen LogP contribution in [0, 0.1) is 0 Å². The van der Waals surface area contributed by atoms with Crippen molar-refractivity contribution in [1.29, 1.82) is 0 Å². The maximum atomic E-state index is 13.1. The average molecular weight is 354 g/mol. The van der Waals surface area contributed by atoms with E-state index in [4.69, 9.17) is 0 Å². The van der Waals surface area contributed by atoms with E-state index in [-0.39, 0.29) is 5.54 Å². The summed E-state index contributed by atoms with van der Waals surface area (Å²) in [4.78, 5) is 2.58. The number of benzene rings is 2. The van der Waals surface area contributed by atoms with E-state index in [1.165, 1.54) is 3.97 Å². The van der Waals surface area contributed by atoms with Gasteiger partial charge in [-0.1, -0.05) is 36.4 Å². The van der Waals surface area contributed by atoms with Crippen molar-refractivity contribution in [2.75, 3.05) is 14.1 Å². The number of likely N-dealkylation sites (N-methyl/N-ethyl adjacent to an activating group) is 1. The summed E-state index contributed by atoms with van der Waals surface area (Å²) in [5.41, 5.74) is 2.02. The predicted molar refractivity (Wildman–Crippen MR) is 100 cm³/mol. The van der Waals surface area contributed by atoms with Crippen LogP contribution in [0.2, 0.25) is 0 Å². The minimum Gasteiger partial charge on any atom is -0.303 e. The Bertz CT molecular complexity index is 1020. The first kappa shape index (κ1) is 16.4. The largest absolute Gasteiger partial charge is 0.303 e. The zero-order valence-corrected chi connectivity index (χ0v) is 15.3. The number of rotatable bonds is 5. The van der Waals surface area contributed by atoms with Gasteiger partial charge in [0.1, 0.15) is 0 Å². The Morgan fingerprint density at radius 1 is 1.00 bits per heavy atom. The molecule has 0 aliphatic heterocycles. The lowest BCUT2D eigenvalue weighted by atomic mass is 10.0. The highest BCUT2D eigenvalue weighted by molar-refractivity contribution is 7.90. The molecular weight excluding hydrogens is 332 g/mol. The maximum absolute atomic E-state index is 13.1. The van der Waals surface area contributed by atoms with Crippen LogP contribution in [0.4, 0.5) is 0 Å². The minimum atomic E-state index is -3.60. The summed E-state index contributed by atoms with van der Waals surface area (Å²) in [5, 5.41) is 1.02. The quantitative estimate of drug-likeness (QED) is 0.704. The van der Waals surface area contributed by atoms with E-state index in [0.29, 0.717) is 4.90 Å². The van der Waals surface area contributed by atoms with Crippen LogP contribution in [0.25, 0.3) is 10.9 Å². The highest BCUT2D eigenvalue weighted by Crippen LogP contribution is 2.44. The van der Waals surface area contributed by atoms with Crippen molar-refractivity contribution < 1.29 is 8.42 Å². The standard InChI is InChI=1S/C20H22N2O2S/c1-21(2)20(12-13-20)14-16-15-22(19-11-7-6-10-18(16)19)25(23,24)17-8-4-3-5-9-17/h3-11,15H,12-14H2,1-2H3. The molecule has 0 unspecified atom stereocenters. The van der Waals surface area contributed by atoms with Crippen molar-refractivity contribution in [2.45, 2.75) is 29.7 Å². The Kier molecular flexibility index (Phi) is 3.74. The molecule has 0 amide bonds. The van der Waals surface area contributed by atoms with Gasteiger partial charge in [-0.2, -0.15) is 0 Å². The second-order valence-corrected chi connectivity index (χ2v) is 8.90. The van der Waals surface area contributed by atoms with Crippen LogP contribution < -0.4 is 0 Å². The molecule has 4 nitrogen and oxygen atoms in total. The minimum absolute atomic E-state index is 0.172. The third-order valence-corrected chi connectivity index (χ3v) is 7.04. The molecule has 0 radical (unpaired) electrons. The Labute approximate surface area is 148 Å². The number of hydrogen-bond donors (Lipinski definition) is 0. The second kappa shape index (κ2) is 5.71. The Hall–Kier alpha value is -2.11. The highest BCUT2D eigenvalue weighted by Gasteiger charge is 2.45. The van der Waals surface area contributed by atoms with Gasteiger partial charge >= 0.3 is 0 Å². The molecule has 0 saturated heterocycles. The Morgan fingerprint density at radius 2 is 1.64 bits per heavy atom. The number of para-hydroxylation sites is 1. The third-order valence-electron chi connectivity index (χ3n) is 5.36. The number of nitrogens with zero attached hydrogens (tertiary/aromatic N) is 2. The van der Waals surface area contributed by atoms with Gasteiger partial charge in [0.2, 0.25) is 0 Å². The molecule has 0 bridgehead atoms. The van der Waals surface area contributed by atoms with Crippen LogP contribution in [0.15, 0.2) is 65.7 Å². The monoisotopic (exact) mass is 354 g/mol. The number of hydrogen-bond acceptors (Lipinski definition) is 3. The summed E-state index contributed by atoms with van der Waals surface area (Å²) in [6, 6.07) is 16.4. The van der Waals surface area contributed by atoms with E-state index in [9.17, 15) is 8.42 Å². The fourth-order valence-corrected chi connectivity index (χ4v) is 4.96. The van der Waals surface area contributed by atoms with Crippen LogP contribution in [0.1, 0.15) is 18.4 Å². The van der Waals surface area contributed by atoms with E-state index in [1.807, 2.05) is 36.5 Å². The van der Waals surface area contributed by atoms with Gasteiger partial charge in [-0.15, -0.1) is 0 Å². The molecule has 1 saturated carbocycles. The normalized spacial score (nSPS) is 16.4. The molecule has 3 aromatic rings. The van der Waals surface area contributed by atoms with Crippen molar-refractivity contribution in [1.82, 2.24) is 8.87 Å². The van der Waals surface area contributed by atoms with Gasteiger partial charge < -0.3 is 4.90 Å². The summed E-state index contributed by atoms with van der Waals surface area (Å²) in [6.07, 6.45) is 5.00. The summed E-state index contributed by atoms with van der Waals surface area (Å²) in [7, 11) is 0.611. The zero-order chi connectivity index (χ0) is 17.7. The van der Waals surface area contributed by atoms with Crippen molar-refractivity contribution >= 4 is 20.9 Å². The summed E-state index contributed by atoms with van der Waals surface area (Å²) >= 11 is 0. The molecule has 5 heteroatoms. The SMILES string of the molecule is CN(C)C1(Cc2cn(S(=O)(=O)c3ccccc3)c3ccccc23)CC1. The molecule has 1 fully saturated rings. The smallest absolute Gasteiger partial charge is 0.268 e. The van der Waals surface area contributed by atoms with Crippen molar-refractivity contribution in [2.24, 2.45) is 0 Å². The van der Waals surface area contributed by atoms with Crippen LogP contribution in [-0.2, 0) is 16.4 Å². The van der Waals surface area contributed by atoms with Gasteiger partial charge in [-0.3, -0.25) is 0 Å². The van der Waals surface area contributed by atoms with E-state index in [1.54, 1.807) is 24.3 Å². The van der Waals surface area contributed by atoms with E-state index in [0.717, 1.165) is 35.7 Å². The fourth-order valence-electron chi connectivity index (χ4n) is 3.54. The lowest BCUT2D eigenvalue weighted by Crippen LogP contribution is -2.32. The molecule has 25 heavy (non-hydrogen) atoms. The van der Waals surface area contributed by atoms with Gasteiger partial charge in [-0.05, 0) is 57.1 Å². The molecule has 1 aromatic heterocycles. The molecule has 130 valence electrons. The van der Waals surface area contributed by atoms with E-state index in [2.05, 4.69) is 19.0 Å². The van der Waals surface area contributed by atoms with Gasteiger partial charge in [-0.25, -0.2) is 12.4 Å². The molecular formula is C20H22N2O2S. The predicted octanol–water partition coefficient (Wildman–Crippen LogP) is 3.52. The van der Waals surface area contributed by atoms with Crippen molar-refractivity contribution in [3.05, 3.63) is 66.4 Å². The molecule has 0 atom stereocenters. The van der Waals surface area contributed by atoms with Gasteiger partial charge in [0.15, 0.2) is 0 Å². The lowest BCUT2D eigenvalue weighted by Gasteiger charge is -2.23. The van der Waals surface area contributed by atoms with Crippen LogP contribution in [0.5, 0.6) is 0 Å². The molecule has 1 aliphatic rings. The first-order chi connectivity index (χ1) is 11.9. The highest BCUT2D eigenvalue weighted by atomic mass is 32.2. The van der Waals surface area contributed by atoms with Gasteiger partial charge in [0.05, 0.1) is 10.4 Å². The second-order valence-electron chi connectivity index (χ2n) is 7.08. The van der Waals surface area contributed by atoms with Crippen LogP contribution >= 0.6 is 0 Å². The number of fused-ring (bicyclic) bond motifs is 1.